The van der Waals surface area contributed by atoms with Crippen molar-refractivity contribution in [2.75, 3.05) is 5.32 Å². The molecule has 0 aliphatic carbocycles. The van der Waals surface area contributed by atoms with Crippen LogP contribution in [-0.4, -0.2) is 25.7 Å². The zero-order chi connectivity index (χ0) is 19.0. The van der Waals surface area contributed by atoms with Crippen LogP contribution < -0.4 is 5.32 Å². The van der Waals surface area contributed by atoms with Gasteiger partial charge in [0.1, 0.15) is 0 Å². The van der Waals surface area contributed by atoms with Crippen LogP contribution in [-0.2, 0) is 13.5 Å². The van der Waals surface area contributed by atoms with Gasteiger partial charge in [-0.3, -0.25) is 14.8 Å². The second-order valence-corrected chi connectivity index (χ2v) is 7.58. The Balaban J connectivity index is 1.59. The van der Waals surface area contributed by atoms with Crippen LogP contribution in [0.25, 0.3) is 11.0 Å². The Bertz CT molecular complexity index is 1130. The van der Waals surface area contributed by atoms with Gasteiger partial charge in [-0.15, -0.1) is 11.3 Å². The van der Waals surface area contributed by atoms with Crippen LogP contribution in [0.3, 0.4) is 0 Å². The van der Waals surface area contributed by atoms with E-state index in [1.54, 1.807) is 10.7 Å². The zero-order valence-electron chi connectivity index (χ0n) is 15.4. The molecule has 0 unspecified atom stereocenters. The molecular formula is C20H19N5OS. The fourth-order valence-corrected chi connectivity index (χ4v) is 4.00. The van der Waals surface area contributed by atoms with Crippen LogP contribution in [0.4, 0.5) is 5.13 Å². The topological polar surface area (TPSA) is 72.7 Å². The maximum absolute atomic E-state index is 12.9. The van der Waals surface area contributed by atoms with E-state index in [1.807, 2.05) is 45.3 Å². The highest BCUT2D eigenvalue weighted by molar-refractivity contribution is 7.15. The number of carbonyl (C=O) groups is 1. The van der Waals surface area contributed by atoms with E-state index >= 15 is 0 Å². The lowest BCUT2D eigenvalue weighted by Gasteiger charge is -2.05. The van der Waals surface area contributed by atoms with Crippen molar-refractivity contribution in [2.24, 2.45) is 7.05 Å². The quantitative estimate of drug-likeness (QED) is 0.586. The Morgan fingerprint density at radius 1 is 1.22 bits per heavy atom. The molecule has 27 heavy (non-hydrogen) atoms. The van der Waals surface area contributed by atoms with Crippen molar-refractivity contribution in [2.45, 2.75) is 20.3 Å². The molecule has 0 bridgehead atoms. The number of aromatic nitrogens is 4. The zero-order valence-corrected chi connectivity index (χ0v) is 16.2. The minimum absolute atomic E-state index is 0.192. The maximum atomic E-state index is 12.9. The van der Waals surface area contributed by atoms with Gasteiger partial charge in [0.2, 0.25) is 0 Å². The Morgan fingerprint density at radius 2 is 2.00 bits per heavy atom. The summed E-state index contributed by atoms with van der Waals surface area (Å²) in [6, 6.07) is 12.0. The third-order valence-electron chi connectivity index (χ3n) is 4.34. The number of fused-ring (bicyclic) bond motifs is 1. The molecule has 6 nitrogen and oxygen atoms in total. The number of nitrogens with one attached hydrogen (secondary N) is 1. The van der Waals surface area contributed by atoms with E-state index in [-0.39, 0.29) is 5.91 Å². The molecule has 0 saturated heterocycles. The molecule has 4 aromatic rings. The van der Waals surface area contributed by atoms with Gasteiger partial charge >= 0.3 is 0 Å². The number of nitrogens with zero attached hydrogens (tertiary/aromatic N) is 4. The first-order valence-corrected chi connectivity index (χ1v) is 9.44. The van der Waals surface area contributed by atoms with Gasteiger partial charge in [-0.05, 0) is 25.5 Å². The second kappa shape index (κ2) is 6.92. The summed E-state index contributed by atoms with van der Waals surface area (Å²) in [5.41, 5.74) is 4.06. The normalized spacial score (nSPS) is 11.1. The number of hydrogen-bond acceptors (Lipinski definition) is 5. The fraction of sp³-hybridized carbons (Fsp3) is 0.200. The molecule has 1 N–H and O–H groups in total. The average molecular weight is 377 g/mol. The van der Waals surface area contributed by atoms with Gasteiger partial charge in [0, 0.05) is 30.2 Å². The summed E-state index contributed by atoms with van der Waals surface area (Å²) in [7, 11) is 1.83. The van der Waals surface area contributed by atoms with Crippen molar-refractivity contribution in [1.29, 1.82) is 0 Å². The molecule has 0 radical (unpaired) electrons. The van der Waals surface area contributed by atoms with E-state index in [2.05, 4.69) is 32.5 Å². The first-order chi connectivity index (χ1) is 13.0. The summed E-state index contributed by atoms with van der Waals surface area (Å²) in [4.78, 5) is 22.9. The number of anilines is 1. The molecule has 0 spiro atoms. The molecule has 0 aliphatic heterocycles. The van der Waals surface area contributed by atoms with E-state index in [9.17, 15) is 4.79 Å². The number of hydrogen-bond donors (Lipinski definition) is 1. The van der Waals surface area contributed by atoms with Crippen molar-refractivity contribution >= 4 is 33.4 Å². The number of thiazole rings is 1. The van der Waals surface area contributed by atoms with Crippen molar-refractivity contribution in [3.8, 4) is 0 Å². The highest BCUT2D eigenvalue weighted by Crippen LogP contribution is 2.25. The predicted molar refractivity (Wildman–Crippen MR) is 107 cm³/mol. The van der Waals surface area contributed by atoms with Gasteiger partial charge in [-0.2, -0.15) is 5.10 Å². The molecule has 7 heteroatoms. The van der Waals surface area contributed by atoms with Gasteiger partial charge in [0.25, 0.3) is 5.91 Å². The summed E-state index contributed by atoms with van der Waals surface area (Å²) in [5.74, 6) is -0.192. The molecule has 3 heterocycles. The van der Waals surface area contributed by atoms with Crippen LogP contribution in [0.15, 0.2) is 42.6 Å². The third-order valence-corrected chi connectivity index (χ3v) is 5.25. The number of pyridine rings is 1. The van der Waals surface area contributed by atoms with E-state index in [0.717, 1.165) is 28.1 Å². The van der Waals surface area contributed by atoms with Gasteiger partial charge in [-0.25, -0.2) is 9.97 Å². The number of rotatable bonds is 4. The van der Waals surface area contributed by atoms with E-state index in [0.29, 0.717) is 16.3 Å². The van der Waals surface area contributed by atoms with Crippen molar-refractivity contribution in [3.63, 3.8) is 0 Å². The molecule has 1 aromatic carbocycles. The number of benzene rings is 1. The molecule has 0 saturated carbocycles. The molecule has 3 aromatic heterocycles. The molecule has 136 valence electrons. The van der Waals surface area contributed by atoms with Crippen LogP contribution in [0, 0.1) is 13.8 Å². The van der Waals surface area contributed by atoms with Crippen LogP contribution in [0.5, 0.6) is 0 Å². The Hall–Kier alpha value is -3.06. The number of aryl methyl sites for hydroxylation is 3. The summed E-state index contributed by atoms with van der Waals surface area (Å²) >= 11 is 1.49. The first-order valence-electron chi connectivity index (χ1n) is 8.62. The van der Waals surface area contributed by atoms with Crippen LogP contribution in [0.2, 0.25) is 0 Å². The van der Waals surface area contributed by atoms with Crippen molar-refractivity contribution in [1.82, 2.24) is 19.7 Å². The smallest absolute Gasteiger partial charge is 0.258 e. The molecule has 0 aliphatic rings. The minimum atomic E-state index is -0.192. The van der Waals surface area contributed by atoms with Gasteiger partial charge in [0.15, 0.2) is 10.8 Å². The number of carbonyl (C=O) groups excluding carboxylic acids is 1. The predicted octanol–water partition coefficient (Wildman–Crippen LogP) is 3.88. The number of amides is 1. The summed E-state index contributed by atoms with van der Waals surface area (Å²) in [6.07, 6.45) is 2.62. The van der Waals surface area contributed by atoms with Crippen molar-refractivity contribution < 1.29 is 4.79 Å². The highest BCUT2D eigenvalue weighted by Gasteiger charge is 2.18. The molecular weight excluding hydrogens is 358 g/mol. The van der Waals surface area contributed by atoms with Gasteiger partial charge < -0.3 is 0 Å². The Morgan fingerprint density at radius 3 is 2.78 bits per heavy atom. The third kappa shape index (κ3) is 3.46. The average Bonchev–Trinajstić information content (AvgIpc) is 3.19. The van der Waals surface area contributed by atoms with Crippen LogP contribution >= 0.6 is 11.3 Å². The molecule has 0 fully saturated rings. The molecule has 4 rings (SSSR count). The summed E-state index contributed by atoms with van der Waals surface area (Å²) in [5, 5.41) is 8.69. The standard InChI is InChI=1S/C20H19N5OS/c1-12-9-16(17-13(2)24-25(3)18(17)22-12)19(26)23-20-21-11-15(27-20)10-14-7-5-4-6-8-14/h4-9,11H,10H2,1-3H3,(H,21,23,26). The maximum Gasteiger partial charge on any atom is 0.258 e. The lowest BCUT2D eigenvalue weighted by Crippen LogP contribution is -2.13. The lowest BCUT2D eigenvalue weighted by molar-refractivity contribution is 0.102. The minimum Gasteiger partial charge on any atom is -0.298 e. The highest BCUT2D eigenvalue weighted by atomic mass is 32.1. The molecule has 0 atom stereocenters. The lowest BCUT2D eigenvalue weighted by atomic mass is 10.1. The van der Waals surface area contributed by atoms with E-state index in [1.165, 1.54) is 16.9 Å². The monoisotopic (exact) mass is 377 g/mol. The van der Waals surface area contributed by atoms with Gasteiger partial charge in [-0.1, -0.05) is 30.3 Å². The Kier molecular flexibility index (Phi) is 4.45. The second-order valence-electron chi connectivity index (χ2n) is 6.47. The van der Waals surface area contributed by atoms with Crippen molar-refractivity contribution in [3.05, 3.63) is 70.0 Å². The Labute approximate surface area is 160 Å². The fourth-order valence-electron chi connectivity index (χ4n) is 3.16. The van der Waals surface area contributed by atoms with Gasteiger partial charge in [0.05, 0.1) is 16.6 Å². The largest absolute Gasteiger partial charge is 0.298 e. The SMILES string of the molecule is Cc1cc(C(=O)Nc2ncc(Cc3ccccc3)s2)c2c(C)nn(C)c2n1. The van der Waals surface area contributed by atoms with E-state index < -0.39 is 0 Å². The molecule has 1 amide bonds. The summed E-state index contributed by atoms with van der Waals surface area (Å²) in [6.45, 7) is 3.76. The van der Waals surface area contributed by atoms with E-state index in [4.69, 9.17) is 0 Å². The first kappa shape index (κ1) is 17.4. The van der Waals surface area contributed by atoms with Crippen LogP contribution in [0.1, 0.15) is 32.2 Å². The summed E-state index contributed by atoms with van der Waals surface area (Å²) < 4.78 is 1.70.